The molecule has 0 aliphatic carbocycles. The van der Waals surface area contributed by atoms with Crippen LogP contribution < -0.4 is 5.32 Å². The molecule has 0 bridgehead atoms. The molecule has 5 aromatic heterocycles. The van der Waals surface area contributed by atoms with Crippen molar-refractivity contribution in [2.24, 2.45) is 5.41 Å². The number of nitrogens with one attached hydrogen (secondary N) is 3. The van der Waals surface area contributed by atoms with Crippen LogP contribution in [-0.2, 0) is 4.79 Å². The quantitative estimate of drug-likeness (QED) is 0.317. The Morgan fingerprint density at radius 3 is 2.68 bits per heavy atom. The van der Waals surface area contributed by atoms with Crippen molar-refractivity contribution in [1.29, 1.82) is 0 Å². The van der Waals surface area contributed by atoms with E-state index < -0.39 is 5.41 Å². The van der Waals surface area contributed by atoms with Gasteiger partial charge >= 0.3 is 0 Å². The predicted octanol–water partition coefficient (Wildman–Crippen LogP) is 5.04. The summed E-state index contributed by atoms with van der Waals surface area (Å²) < 4.78 is 1.96. The lowest BCUT2D eigenvalue weighted by molar-refractivity contribution is -0.123. The van der Waals surface area contributed by atoms with E-state index in [-0.39, 0.29) is 5.91 Å². The summed E-state index contributed by atoms with van der Waals surface area (Å²) in [6, 6.07) is 11.7. The number of H-pyrrole nitrogens is 2. The molecule has 3 N–H and O–H groups in total. The Kier molecular flexibility index (Phi) is 5.11. The van der Waals surface area contributed by atoms with Crippen LogP contribution in [-0.4, -0.2) is 45.6 Å². The summed E-state index contributed by atoms with van der Waals surface area (Å²) in [5, 5.41) is 10.5. The fourth-order valence-electron chi connectivity index (χ4n) is 4.08. The van der Waals surface area contributed by atoms with E-state index in [9.17, 15) is 4.79 Å². The van der Waals surface area contributed by atoms with Crippen LogP contribution in [0.5, 0.6) is 0 Å². The zero-order valence-electron chi connectivity index (χ0n) is 20.9. The molecule has 6 aromatic rings. The molecule has 0 aliphatic heterocycles. The summed E-state index contributed by atoms with van der Waals surface area (Å²) in [6.07, 6.45) is 7.10. The van der Waals surface area contributed by atoms with Gasteiger partial charge in [0, 0.05) is 23.4 Å². The molecule has 1 amide bonds. The van der Waals surface area contributed by atoms with E-state index in [2.05, 4.69) is 30.5 Å². The van der Waals surface area contributed by atoms with Gasteiger partial charge in [0.25, 0.3) is 0 Å². The maximum Gasteiger partial charge on any atom is 0.229 e. The molecular formula is C27H25N9O. The minimum absolute atomic E-state index is 0.0814. The van der Waals surface area contributed by atoms with E-state index in [4.69, 9.17) is 9.97 Å². The minimum atomic E-state index is -0.512. The zero-order chi connectivity index (χ0) is 25.7. The van der Waals surface area contributed by atoms with E-state index in [0.717, 1.165) is 33.5 Å². The molecule has 0 radical (unpaired) electrons. The number of carbonyl (C=O) groups is 1. The van der Waals surface area contributed by atoms with Crippen molar-refractivity contribution in [1.82, 2.24) is 39.7 Å². The first kappa shape index (κ1) is 22.6. The van der Waals surface area contributed by atoms with Gasteiger partial charge in [0.1, 0.15) is 11.0 Å². The number of fused-ring (bicyclic) bond motifs is 2. The number of aromatic amines is 2. The molecule has 0 atom stereocenters. The maximum absolute atomic E-state index is 12.4. The molecule has 0 unspecified atom stereocenters. The number of hydrogen-bond donors (Lipinski definition) is 3. The molecule has 5 heterocycles. The van der Waals surface area contributed by atoms with Gasteiger partial charge in [-0.05, 0) is 37.3 Å². The first-order chi connectivity index (χ1) is 17.8. The molecule has 10 heteroatoms. The van der Waals surface area contributed by atoms with Gasteiger partial charge < -0.3 is 14.9 Å². The molecule has 6 rings (SSSR count). The molecular weight excluding hydrogens is 466 g/mol. The van der Waals surface area contributed by atoms with E-state index in [0.29, 0.717) is 28.4 Å². The molecule has 0 fully saturated rings. The Hall–Kier alpha value is -4.86. The second-order valence-electron chi connectivity index (χ2n) is 10.0. The third-order valence-corrected chi connectivity index (χ3v) is 6.09. The third-order valence-electron chi connectivity index (χ3n) is 6.09. The van der Waals surface area contributed by atoms with Crippen molar-refractivity contribution in [2.45, 2.75) is 27.7 Å². The number of aryl methyl sites for hydroxylation is 1. The fourth-order valence-corrected chi connectivity index (χ4v) is 4.08. The normalized spacial score (nSPS) is 11.9. The van der Waals surface area contributed by atoms with Gasteiger partial charge in [-0.3, -0.25) is 14.9 Å². The van der Waals surface area contributed by atoms with Gasteiger partial charge in [-0.1, -0.05) is 26.8 Å². The van der Waals surface area contributed by atoms with Crippen LogP contribution in [0.3, 0.4) is 0 Å². The van der Waals surface area contributed by atoms with Crippen molar-refractivity contribution in [3.8, 4) is 28.5 Å². The number of hydrogen-bond acceptors (Lipinski definition) is 6. The van der Waals surface area contributed by atoms with Crippen molar-refractivity contribution < 1.29 is 4.79 Å². The standard InChI is InChI=1S/C27H25N9O/c1-15-13-36(14-29-15)21-7-5-6-19-22(21)33-25(32-19)24-23-20(34-35-24)9-8-18(31-23)16-10-17(12-28-11-16)30-26(37)27(2,3)4/h5-14H,1-4H3,(H,30,37)(H,32,33)(H,34,35). The number of para-hydroxylation sites is 1. The van der Waals surface area contributed by atoms with E-state index in [1.807, 2.05) is 74.9 Å². The number of aromatic nitrogens is 8. The molecule has 37 heavy (non-hydrogen) atoms. The number of nitrogens with zero attached hydrogens (tertiary/aromatic N) is 6. The topological polar surface area (TPSA) is 130 Å². The number of anilines is 1. The smallest absolute Gasteiger partial charge is 0.229 e. The van der Waals surface area contributed by atoms with Gasteiger partial charge in [-0.25, -0.2) is 15.0 Å². The molecule has 184 valence electrons. The Morgan fingerprint density at radius 1 is 1.03 bits per heavy atom. The average molecular weight is 492 g/mol. The molecule has 0 spiro atoms. The lowest BCUT2D eigenvalue weighted by Gasteiger charge is -2.17. The summed E-state index contributed by atoms with van der Waals surface area (Å²) in [4.78, 5) is 34.2. The first-order valence-corrected chi connectivity index (χ1v) is 11.9. The number of pyridine rings is 2. The van der Waals surface area contributed by atoms with E-state index in [1.54, 1.807) is 18.7 Å². The lowest BCUT2D eigenvalue weighted by Crippen LogP contribution is -2.27. The summed E-state index contributed by atoms with van der Waals surface area (Å²) >= 11 is 0. The second kappa shape index (κ2) is 8.37. The maximum atomic E-state index is 12.4. The SMILES string of the molecule is Cc1cn(-c2cccc3[nH]c(-c4n[nH]c5ccc(-c6cncc(NC(=O)C(C)(C)C)c6)nc45)nc23)cn1. The highest BCUT2D eigenvalue weighted by molar-refractivity contribution is 5.95. The number of amides is 1. The van der Waals surface area contributed by atoms with Crippen LogP contribution in [0.4, 0.5) is 5.69 Å². The second-order valence-corrected chi connectivity index (χ2v) is 10.0. The molecule has 1 aromatic carbocycles. The highest BCUT2D eigenvalue weighted by Gasteiger charge is 2.22. The zero-order valence-corrected chi connectivity index (χ0v) is 20.9. The number of rotatable bonds is 4. The molecule has 0 saturated carbocycles. The molecule has 0 aliphatic rings. The largest absolute Gasteiger partial charge is 0.336 e. The first-order valence-electron chi connectivity index (χ1n) is 11.9. The van der Waals surface area contributed by atoms with Gasteiger partial charge in [-0.2, -0.15) is 5.10 Å². The fraction of sp³-hybridized carbons (Fsp3) is 0.185. The van der Waals surface area contributed by atoms with Gasteiger partial charge in [-0.15, -0.1) is 0 Å². The summed E-state index contributed by atoms with van der Waals surface area (Å²) in [6.45, 7) is 7.56. The Morgan fingerprint density at radius 2 is 1.89 bits per heavy atom. The third kappa shape index (κ3) is 4.12. The Bertz CT molecular complexity index is 1780. The minimum Gasteiger partial charge on any atom is -0.336 e. The van der Waals surface area contributed by atoms with Crippen molar-refractivity contribution >= 4 is 33.7 Å². The lowest BCUT2D eigenvalue weighted by atomic mass is 9.95. The van der Waals surface area contributed by atoms with Gasteiger partial charge in [0.2, 0.25) is 5.91 Å². The summed E-state index contributed by atoms with van der Waals surface area (Å²) in [5.41, 5.74) is 7.23. The monoisotopic (exact) mass is 491 g/mol. The number of imidazole rings is 2. The summed E-state index contributed by atoms with van der Waals surface area (Å²) in [7, 11) is 0. The van der Waals surface area contributed by atoms with Gasteiger partial charge in [0.15, 0.2) is 11.5 Å². The van der Waals surface area contributed by atoms with E-state index >= 15 is 0 Å². The Balaban J connectivity index is 1.40. The number of benzene rings is 1. The van der Waals surface area contributed by atoms with Crippen LogP contribution in [0.15, 0.2) is 61.3 Å². The molecule has 10 nitrogen and oxygen atoms in total. The summed E-state index contributed by atoms with van der Waals surface area (Å²) in [5.74, 6) is 0.529. The molecule has 0 saturated heterocycles. The Labute approximate surface area is 212 Å². The average Bonchev–Trinajstić information content (AvgIpc) is 3.60. The number of carbonyl (C=O) groups excluding carboxylic acids is 1. The van der Waals surface area contributed by atoms with Crippen LogP contribution in [0.25, 0.3) is 50.5 Å². The van der Waals surface area contributed by atoms with Crippen molar-refractivity contribution in [2.75, 3.05) is 5.32 Å². The van der Waals surface area contributed by atoms with Crippen LogP contribution >= 0.6 is 0 Å². The van der Waals surface area contributed by atoms with Crippen molar-refractivity contribution in [3.63, 3.8) is 0 Å². The van der Waals surface area contributed by atoms with Crippen molar-refractivity contribution in [3.05, 3.63) is 67.0 Å². The van der Waals surface area contributed by atoms with Crippen LogP contribution in [0.2, 0.25) is 0 Å². The highest BCUT2D eigenvalue weighted by Crippen LogP contribution is 2.30. The predicted molar refractivity (Wildman–Crippen MR) is 142 cm³/mol. The van der Waals surface area contributed by atoms with E-state index in [1.165, 1.54) is 0 Å². The van der Waals surface area contributed by atoms with Gasteiger partial charge in [0.05, 0.1) is 46.3 Å². The van der Waals surface area contributed by atoms with Crippen LogP contribution in [0, 0.1) is 12.3 Å². The van der Waals surface area contributed by atoms with Crippen LogP contribution in [0.1, 0.15) is 26.5 Å². The highest BCUT2D eigenvalue weighted by atomic mass is 16.2.